The Labute approximate surface area is 124 Å². The third-order valence-electron chi connectivity index (χ3n) is 3.60. The van der Waals surface area contributed by atoms with Crippen LogP contribution in [0.3, 0.4) is 0 Å². The minimum atomic E-state index is -0.915. The molecule has 1 amide bonds. The maximum absolute atomic E-state index is 12.6. The Morgan fingerprint density at radius 1 is 1.38 bits per heavy atom. The van der Waals surface area contributed by atoms with Gasteiger partial charge in [-0.1, -0.05) is 19.9 Å². The van der Waals surface area contributed by atoms with E-state index >= 15 is 0 Å². The molecule has 0 spiro atoms. The highest BCUT2D eigenvalue weighted by atomic mass is 16.5. The molecule has 1 atom stereocenters. The van der Waals surface area contributed by atoms with Crippen LogP contribution in [-0.4, -0.2) is 29.6 Å². The van der Waals surface area contributed by atoms with Gasteiger partial charge in [-0.15, -0.1) is 0 Å². The summed E-state index contributed by atoms with van der Waals surface area (Å²) in [7, 11) is 0. The first-order valence-electron chi connectivity index (χ1n) is 7.12. The van der Waals surface area contributed by atoms with E-state index in [9.17, 15) is 9.59 Å². The van der Waals surface area contributed by atoms with Gasteiger partial charge in [-0.2, -0.15) is 0 Å². The Bertz CT molecular complexity index is 580. The van der Waals surface area contributed by atoms with E-state index in [0.717, 1.165) is 11.1 Å². The van der Waals surface area contributed by atoms with Crippen LogP contribution in [0.2, 0.25) is 0 Å². The summed E-state index contributed by atoms with van der Waals surface area (Å²) in [5.74, 6) is -0.368. The van der Waals surface area contributed by atoms with Crippen molar-refractivity contribution < 1.29 is 19.4 Å². The molecule has 0 saturated carbocycles. The number of carbonyl (C=O) groups is 2. The molecular formula is C16H21NO4. The van der Waals surface area contributed by atoms with E-state index in [1.165, 1.54) is 0 Å². The summed E-state index contributed by atoms with van der Waals surface area (Å²) in [5, 5.41) is 8.89. The lowest BCUT2D eigenvalue weighted by Crippen LogP contribution is -2.49. The topological polar surface area (TPSA) is 66.8 Å². The number of rotatable bonds is 4. The largest absolute Gasteiger partial charge is 0.481 e. The van der Waals surface area contributed by atoms with Gasteiger partial charge in [0.25, 0.3) is 5.91 Å². The molecule has 2 rings (SSSR count). The third kappa shape index (κ3) is 3.01. The molecule has 5 nitrogen and oxygen atoms in total. The normalized spacial score (nSPS) is 17.7. The molecule has 0 radical (unpaired) electrons. The number of amides is 1. The maximum atomic E-state index is 12.6. The van der Waals surface area contributed by atoms with Crippen molar-refractivity contribution in [2.45, 2.75) is 40.2 Å². The fraction of sp³-hybridized carbons (Fsp3) is 0.500. The van der Waals surface area contributed by atoms with Gasteiger partial charge in [0.05, 0.1) is 12.1 Å². The fourth-order valence-corrected chi connectivity index (χ4v) is 2.59. The molecule has 0 aromatic heterocycles. The monoisotopic (exact) mass is 291 g/mol. The Morgan fingerprint density at radius 3 is 2.62 bits per heavy atom. The smallest absolute Gasteiger partial charge is 0.305 e. The van der Waals surface area contributed by atoms with Crippen molar-refractivity contribution in [3.8, 4) is 5.75 Å². The Morgan fingerprint density at radius 2 is 2.05 bits per heavy atom. The van der Waals surface area contributed by atoms with Crippen LogP contribution in [0.25, 0.3) is 0 Å². The maximum Gasteiger partial charge on any atom is 0.305 e. The van der Waals surface area contributed by atoms with E-state index in [-0.39, 0.29) is 24.8 Å². The first kappa shape index (κ1) is 15.4. The molecule has 1 aliphatic rings. The van der Waals surface area contributed by atoms with Gasteiger partial charge in [-0.05, 0) is 37.0 Å². The second-order valence-corrected chi connectivity index (χ2v) is 5.85. The molecule has 1 aromatic rings. The number of hydrogen-bond donors (Lipinski definition) is 1. The van der Waals surface area contributed by atoms with Crippen molar-refractivity contribution in [3.63, 3.8) is 0 Å². The van der Waals surface area contributed by atoms with Crippen molar-refractivity contribution in [1.29, 1.82) is 0 Å². The summed E-state index contributed by atoms with van der Waals surface area (Å²) in [6.07, 6.45) is -0.643. The summed E-state index contributed by atoms with van der Waals surface area (Å²) >= 11 is 0. The lowest BCUT2D eigenvalue weighted by atomic mass is 10.0. The van der Waals surface area contributed by atoms with Crippen molar-refractivity contribution in [1.82, 2.24) is 0 Å². The van der Waals surface area contributed by atoms with Crippen LogP contribution in [0, 0.1) is 19.8 Å². The van der Waals surface area contributed by atoms with E-state index in [2.05, 4.69) is 0 Å². The van der Waals surface area contributed by atoms with Crippen LogP contribution in [0.15, 0.2) is 12.1 Å². The zero-order valence-corrected chi connectivity index (χ0v) is 12.8. The van der Waals surface area contributed by atoms with Crippen molar-refractivity contribution in [2.24, 2.45) is 5.92 Å². The molecular weight excluding hydrogens is 270 g/mol. The van der Waals surface area contributed by atoms with Gasteiger partial charge in [-0.3, -0.25) is 9.59 Å². The minimum absolute atomic E-state index is 0.0266. The van der Waals surface area contributed by atoms with Gasteiger partial charge in [0.1, 0.15) is 5.75 Å². The molecule has 114 valence electrons. The Balaban J connectivity index is 2.46. The number of carboxylic acids is 1. The zero-order chi connectivity index (χ0) is 15.7. The Kier molecular flexibility index (Phi) is 4.21. The van der Waals surface area contributed by atoms with Crippen molar-refractivity contribution >= 4 is 17.6 Å². The molecule has 0 aliphatic carbocycles. The first-order chi connectivity index (χ1) is 9.81. The van der Waals surface area contributed by atoms with Gasteiger partial charge in [0.15, 0.2) is 6.10 Å². The molecule has 0 fully saturated rings. The molecule has 0 bridgehead atoms. The van der Waals surface area contributed by atoms with E-state index in [0.29, 0.717) is 11.4 Å². The number of ether oxygens (including phenoxy) is 1. The second-order valence-electron chi connectivity index (χ2n) is 5.85. The SMILES string of the molecule is Cc1cc(C)c2c(c1)N(CCC(=O)O)C(=O)[C@H](C(C)C)O2. The molecule has 1 N–H and O–H groups in total. The number of fused-ring (bicyclic) bond motifs is 1. The van der Waals surface area contributed by atoms with Gasteiger partial charge in [0, 0.05) is 6.54 Å². The predicted molar refractivity (Wildman–Crippen MR) is 79.8 cm³/mol. The predicted octanol–water partition coefficient (Wildman–Crippen LogP) is 2.53. The van der Waals surface area contributed by atoms with Gasteiger partial charge < -0.3 is 14.7 Å². The van der Waals surface area contributed by atoms with E-state index in [1.807, 2.05) is 39.8 Å². The lowest BCUT2D eigenvalue weighted by molar-refractivity contribution is -0.136. The van der Waals surface area contributed by atoms with Crippen LogP contribution in [0.1, 0.15) is 31.4 Å². The number of carboxylic acid groups (broad SMARTS) is 1. The van der Waals surface area contributed by atoms with Gasteiger partial charge in [0.2, 0.25) is 0 Å². The average Bonchev–Trinajstić information content (AvgIpc) is 2.36. The van der Waals surface area contributed by atoms with Gasteiger partial charge in [-0.25, -0.2) is 0 Å². The van der Waals surface area contributed by atoms with E-state index in [4.69, 9.17) is 9.84 Å². The van der Waals surface area contributed by atoms with Crippen LogP contribution in [-0.2, 0) is 9.59 Å². The number of benzene rings is 1. The summed E-state index contributed by atoms with van der Waals surface area (Å²) < 4.78 is 5.89. The first-order valence-corrected chi connectivity index (χ1v) is 7.12. The zero-order valence-electron chi connectivity index (χ0n) is 12.8. The Hall–Kier alpha value is -2.04. The summed E-state index contributed by atoms with van der Waals surface area (Å²) in [5.41, 5.74) is 2.66. The third-order valence-corrected chi connectivity index (χ3v) is 3.60. The average molecular weight is 291 g/mol. The van der Waals surface area contributed by atoms with Crippen LogP contribution in [0.4, 0.5) is 5.69 Å². The van der Waals surface area contributed by atoms with Crippen LogP contribution < -0.4 is 9.64 Å². The number of nitrogens with zero attached hydrogens (tertiary/aromatic N) is 1. The number of aliphatic carboxylic acids is 1. The van der Waals surface area contributed by atoms with Crippen LogP contribution in [0.5, 0.6) is 5.75 Å². The number of aryl methyl sites for hydroxylation is 2. The number of hydrogen-bond acceptors (Lipinski definition) is 3. The highest BCUT2D eigenvalue weighted by Gasteiger charge is 2.37. The van der Waals surface area contributed by atoms with Gasteiger partial charge >= 0.3 is 5.97 Å². The molecule has 1 aromatic carbocycles. The van der Waals surface area contributed by atoms with Crippen molar-refractivity contribution in [2.75, 3.05) is 11.4 Å². The lowest BCUT2D eigenvalue weighted by Gasteiger charge is -2.36. The number of anilines is 1. The van der Waals surface area contributed by atoms with E-state index in [1.54, 1.807) is 4.90 Å². The standard InChI is InChI=1S/C16H21NO4/c1-9(2)14-16(20)17(6-5-13(18)19)12-8-10(3)7-11(4)15(12)21-14/h7-9,14H,5-6H2,1-4H3,(H,18,19)/t14-/m0/s1. The van der Waals surface area contributed by atoms with Crippen LogP contribution >= 0.6 is 0 Å². The highest BCUT2D eigenvalue weighted by molar-refractivity contribution is 6.01. The molecule has 0 unspecified atom stereocenters. The van der Waals surface area contributed by atoms with Crippen molar-refractivity contribution in [3.05, 3.63) is 23.3 Å². The quantitative estimate of drug-likeness (QED) is 0.925. The van der Waals surface area contributed by atoms with E-state index < -0.39 is 12.1 Å². The molecule has 21 heavy (non-hydrogen) atoms. The number of carbonyl (C=O) groups excluding carboxylic acids is 1. The molecule has 1 heterocycles. The fourth-order valence-electron chi connectivity index (χ4n) is 2.59. The second kappa shape index (κ2) is 5.76. The highest BCUT2D eigenvalue weighted by Crippen LogP contribution is 2.39. The molecule has 5 heteroatoms. The summed E-state index contributed by atoms with van der Waals surface area (Å²) in [6.45, 7) is 7.89. The minimum Gasteiger partial charge on any atom is -0.481 e. The summed E-state index contributed by atoms with van der Waals surface area (Å²) in [6, 6.07) is 3.88. The summed E-state index contributed by atoms with van der Waals surface area (Å²) in [4.78, 5) is 25.0. The molecule has 1 aliphatic heterocycles. The molecule has 0 saturated heterocycles.